The fraction of sp³-hybridized carbons (Fsp3) is 0.300. The Balaban J connectivity index is 2.90. The molecule has 0 spiro atoms. The second-order valence-corrected chi connectivity index (χ2v) is 3.40. The van der Waals surface area contributed by atoms with Crippen molar-refractivity contribution in [3.05, 3.63) is 33.9 Å². The maximum absolute atomic E-state index is 12.7. The van der Waals surface area contributed by atoms with Crippen molar-refractivity contribution in [1.29, 1.82) is 0 Å². The summed E-state index contributed by atoms with van der Waals surface area (Å²) >= 11 is 0. The van der Waals surface area contributed by atoms with Crippen LogP contribution in [0, 0.1) is 10.1 Å². The van der Waals surface area contributed by atoms with Gasteiger partial charge in [0.1, 0.15) is 0 Å². The number of nitro benzene ring substituents is 1. The van der Waals surface area contributed by atoms with Crippen LogP contribution in [0.4, 0.5) is 20.2 Å². The molecule has 8 heteroatoms. The number of hydrogen-bond donors (Lipinski definition) is 2. The second-order valence-electron chi connectivity index (χ2n) is 3.40. The summed E-state index contributed by atoms with van der Waals surface area (Å²) in [5, 5.41) is 21.4. The highest BCUT2D eigenvalue weighted by Gasteiger charge is 2.17. The van der Waals surface area contributed by atoms with E-state index in [1.165, 1.54) is 0 Å². The average molecular weight is 260 g/mol. The van der Waals surface area contributed by atoms with Crippen LogP contribution in [-0.2, 0) is 4.79 Å². The Morgan fingerprint density at radius 3 is 2.67 bits per heavy atom. The Morgan fingerprint density at radius 1 is 1.50 bits per heavy atom. The molecule has 0 heterocycles. The number of rotatable bonds is 6. The van der Waals surface area contributed by atoms with E-state index < -0.39 is 28.6 Å². The van der Waals surface area contributed by atoms with Crippen molar-refractivity contribution in [1.82, 2.24) is 0 Å². The number of hydrogen-bond acceptors (Lipinski definition) is 4. The fourth-order valence-electron chi connectivity index (χ4n) is 1.31. The van der Waals surface area contributed by atoms with Gasteiger partial charge in [-0.25, -0.2) is 8.78 Å². The van der Waals surface area contributed by atoms with E-state index in [9.17, 15) is 23.7 Å². The van der Waals surface area contributed by atoms with Crippen LogP contribution in [0.3, 0.4) is 0 Å². The van der Waals surface area contributed by atoms with E-state index in [4.69, 9.17) is 5.11 Å². The Labute approximate surface area is 100 Å². The van der Waals surface area contributed by atoms with Crippen LogP contribution in [0.5, 0.6) is 0 Å². The molecular weight excluding hydrogens is 250 g/mol. The maximum atomic E-state index is 12.7. The maximum Gasteiger partial charge on any atom is 0.305 e. The normalized spacial score (nSPS) is 10.4. The van der Waals surface area contributed by atoms with Gasteiger partial charge in [0.05, 0.1) is 11.3 Å². The van der Waals surface area contributed by atoms with E-state index in [0.717, 1.165) is 18.2 Å². The lowest BCUT2D eigenvalue weighted by Crippen LogP contribution is -2.09. The summed E-state index contributed by atoms with van der Waals surface area (Å²) in [5.74, 6) is -1.07. The second kappa shape index (κ2) is 5.89. The van der Waals surface area contributed by atoms with Crippen LogP contribution < -0.4 is 5.32 Å². The van der Waals surface area contributed by atoms with E-state index in [1.54, 1.807) is 0 Å². The molecule has 18 heavy (non-hydrogen) atoms. The number of carboxylic acids is 1. The van der Waals surface area contributed by atoms with Crippen molar-refractivity contribution >= 4 is 17.3 Å². The average Bonchev–Trinajstić information content (AvgIpc) is 2.28. The van der Waals surface area contributed by atoms with Gasteiger partial charge in [-0.2, -0.15) is 0 Å². The first-order valence-corrected chi connectivity index (χ1v) is 4.94. The zero-order valence-electron chi connectivity index (χ0n) is 9.10. The number of nitrogens with zero attached hydrogens (tertiary/aromatic N) is 1. The predicted molar refractivity (Wildman–Crippen MR) is 58.8 cm³/mol. The summed E-state index contributed by atoms with van der Waals surface area (Å²) in [5.41, 5.74) is -0.958. The molecule has 0 unspecified atom stereocenters. The minimum Gasteiger partial charge on any atom is -0.481 e. The van der Waals surface area contributed by atoms with Crippen molar-refractivity contribution in [2.75, 3.05) is 11.9 Å². The number of anilines is 1. The van der Waals surface area contributed by atoms with Gasteiger partial charge < -0.3 is 10.4 Å². The number of non-ortho nitro benzene ring substituents is 1. The van der Waals surface area contributed by atoms with E-state index in [-0.39, 0.29) is 18.7 Å². The Kier molecular flexibility index (Phi) is 4.52. The minimum atomic E-state index is -2.88. The first-order chi connectivity index (χ1) is 8.41. The van der Waals surface area contributed by atoms with E-state index in [0.29, 0.717) is 0 Å². The van der Waals surface area contributed by atoms with Crippen LogP contribution in [-0.4, -0.2) is 22.5 Å². The molecule has 0 saturated carbocycles. The standard InChI is InChI=1S/C10H10F2N2O4/c11-10(12)7-5-6(14(17)18)1-2-8(7)13-4-3-9(15)16/h1-2,5,10,13H,3-4H2,(H,15,16). The Bertz CT molecular complexity index is 465. The molecule has 0 radical (unpaired) electrons. The third kappa shape index (κ3) is 3.65. The zero-order chi connectivity index (χ0) is 13.7. The number of benzene rings is 1. The van der Waals surface area contributed by atoms with Crippen molar-refractivity contribution in [3.8, 4) is 0 Å². The van der Waals surface area contributed by atoms with E-state index in [2.05, 4.69) is 5.32 Å². The molecule has 0 bridgehead atoms. The van der Waals surface area contributed by atoms with Crippen molar-refractivity contribution in [2.45, 2.75) is 12.8 Å². The zero-order valence-corrected chi connectivity index (χ0v) is 9.10. The lowest BCUT2D eigenvalue weighted by Gasteiger charge is -2.10. The number of aliphatic carboxylic acids is 1. The van der Waals surface area contributed by atoms with Crippen LogP contribution >= 0.6 is 0 Å². The molecule has 1 rings (SSSR count). The summed E-state index contributed by atoms with van der Waals surface area (Å²) in [6.45, 7) is -0.0349. The molecule has 2 N–H and O–H groups in total. The molecule has 6 nitrogen and oxygen atoms in total. The number of carboxylic acid groups (broad SMARTS) is 1. The third-order valence-electron chi connectivity index (χ3n) is 2.14. The van der Waals surface area contributed by atoms with Gasteiger partial charge in [0.2, 0.25) is 0 Å². The molecule has 0 fully saturated rings. The van der Waals surface area contributed by atoms with Crippen LogP contribution in [0.2, 0.25) is 0 Å². The Hall–Kier alpha value is -2.25. The van der Waals surface area contributed by atoms with Gasteiger partial charge in [-0.15, -0.1) is 0 Å². The summed E-state index contributed by atoms with van der Waals surface area (Å²) in [7, 11) is 0. The monoisotopic (exact) mass is 260 g/mol. The van der Waals surface area contributed by atoms with Crippen molar-refractivity contribution in [2.24, 2.45) is 0 Å². The van der Waals surface area contributed by atoms with Crippen LogP contribution in [0.25, 0.3) is 0 Å². The van der Waals surface area contributed by atoms with Gasteiger partial charge in [-0.05, 0) is 6.07 Å². The molecular formula is C10H10F2N2O4. The first-order valence-electron chi connectivity index (χ1n) is 4.94. The van der Waals surface area contributed by atoms with Gasteiger partial charge in [0, 0.05) is 29.9 Å². The topological polar surface area (TPSA) is 92.5 Å². The summed E-state index contributed by atoms with van der Waals surface area (Å²) in [4.78, 5) is 20.0. The molecule has 1 aromatic rings. The lowest BCUT2D eigenvalue weighted by molar-refractivity contribution is -0.385. The van der Waals surface area contributed by atoms with Crippen molar-refractivity contribution < 1.29 is 23.6 Å². The number of nitrogens with one attached hydrogen (secondary N) is 1. The van der Waals surface area contributed by atoms with Gasteiger partial charge in [0.15, 0.2) is 0 Å². The Morgan fingerprint density at radius 2 is 2.17 bits per heavy atom. The van der Waals surface area contributed by atoms with Gasteiger partial charge in [-0.1, -0.05) is 0 Å². The molecule has 0 amide bonds. The first kappa shape index (κ1) is 13.8. The van der Waals surface area contributed by atoms with Gasteiger partial charge in [-0.3, -0.25) is 14.9 Å². The highest BCUT2D eigenvalue weighted by atomic mass is 19.3. The van der Waals surface area contributed by atoms with E-state index >= 15 is 0 Å². The van der Waals surface area contributed by atoms with Crippen LogP contribution in [0.15, 0.2) is 18.2 Å². The SMILES string of the molecule is O=C(O)CCNc1ccc([N+](=O)[O-])cc1C(F)F. The molecule has 0 saturated heterocycles. The number of carbonyl (C=O) groups is 1. The van der Waals surface area contributed by atoms with Crippen molar-refractivity contribution in [3.63, 3.8) is 0 Å². The molecule has 0 aromatic heterocycles. The van der Waals surface area contributed by atoms with Gasteiger partial charge >= 0.3 is 5.97 Å². The summed E-state index contributed by atoms with van der Waals surface area (Å²) in [6.07, 6.45) is -3.11. The third-order valence-corrected chi connectivity index (χ3v) is 2.14. The van der Waals surface area contributed by atoms with Gasteiger partial charge in [0.25, 0.3) is 12.1 Å². The highest BCUT2D eigenvalue weighted by Crippen LogP contribution is 2.30. The molecule has 0 aliphatic carbocycles. The fourth-order valence-corrected chi connectivity index (χ4v) is 1.31. The summed E-state index contributed by atoms with van der Waals surface area (Å²) in [6, 6.07) is 2.99. The molecule has 0 atom stereocenters. The minimum absolute atomic E-state index is 0.00292. The summed E-state index contributed by atoms with van der Waals surface area (Å²) < 4.78 is 25.4. The van der Waals surface area contributed by atoms with Crippen LogP contribution in [0.1, 0.15) is 18.4 Å². The molecule has 0 aliphatic rings. The number of alkyl halides is 2. The molecule has 98 valence electrons. The largest absolute Gasteiger partial charge is 0.481 e. The number of nitro groups is 1. The number of halogens is 2. The molecule has 0 aliphatic heterocycles. The quantitative estimate of drug-likeness (QED) is 0.605. The predicted octanol–water partition coefficient (Wildman–Crippen LogP) is 2.42. The smallest absolute Gasteiger partial charge is 0.305 e. The van der Waals surface area contributed by atoms with E-state index in [1.807, 2.05) is 0 Å². The lowest BCUT2D eigenvalue weighted by atomic mass is 10.1. The highest BCUT2D eigenvalue weighted by molar-refractivity contribution is 5.67. The molecule has 1 aromatic carbocycles.